The van der Waals surface area contributed by atoms with Crippen molar-refractivity contribution in [1.82, 2.24) is 30.1 Å². The second-order valence-corrected chi connectivity index (χ2v) is 10.8. The zero-order valence-electron chi connectivity index (χ0n) is 19.9. The maximum atomic E-state index is 13.1. The average molecular weight is 548 g/mol. The quantitative estimate of drug-likeness (QED) is 0.420. The molecule has 3 aromatic heterocycles. The average Bonchev–Trinajstić information content (AvgIpc) is 3.38. The van der Waals surface area contributed by atoms with Gasteiger partial charge in [0.05, 0.1) is 21.3 Å². The molecule has 3 aromatic rings. The maximum absolute atomic E-state index is 13.1. The summed E-state index contributed by atoms with van der Waals surface area (Å²) < 4.78 is 2.80. The summed E-state index contributed by atoms with van der Waals surface area (Å²) in [5.74, 6) is -0.782. The lowest BCUT2D eigenvalue weighted by molar-refractivity contribution is -0.134. The van der Waals surface area contributed by atoms with Crippen molar-refractivity contribution in [3.8, 4) is 0 Å². The van der Waals surface area contributed by atoms with Gasteiger partial charge in [-0.25, -0.2) is 9.97 Å². The molecule has 1 aliphatic carbocycles. The minimum absolute atomic E-state index is 0.00212. The van der Waals surface area contributed by atoms with Gasteiger partial charge in [0.25, 0.3) is 11.8 Å². The molecule has 1 fully saturated rings. The van der Waals surface area contributed by atoms with Gasteiger partial charge in [-0.15, -0.1) is 11.3 Å². The zero-order valence-corrected chi connectivity index (χ0v) is 22.3. The van der Waals surface area contributed by atoms with Gasteiger partial charge in [-0.3, -0.25) is 14.4 Å². The first kappa shape index (κ1) is 26.0. The van der Waals surface area contributed by atoms with Gasteiger partial charge in [0.15, 0.2) is 10.00 Å². The number of rotatable bonds is 5. The molecule has 0 aliphatic heterocycles. The Kier molecular flexibility index (Phi) is 7.86. The molecule has 3 amide bonds. The van der Waals surface area contributed by atoms with Crippen LogP contribution in [0.15, 0.2) is 30.7 Å². The number of anilines is 1. The van der Waals surface area contributed by atoms with Crippen molar-refractivity contribution >= 4 is 73.9 Å². The molecule has 10 nitrogen and oxygen atoms in total. The maximum Gasteiger partial charge on any atom is 0.284 e. The van der Waals surface area contributed by atoms with Crippen molar-refractivity contribution in [3.05, 3.63) is 40.8 Å². The standard InChI is InChI=1S/C23H26ClN7O3S2/c1-30(2)23(34)12-4-6-14(27-21(35)19(32)29-18-7-5-13(24)9-25-18)15(8-12)26-20(33)22-28-16-10-31(3)11-17(16)36-22/h5,7,9-12,14-15H,4,6,8H2,1-3H3,(H,26,33)(H,27,35)(H,25,29,32)/t12-,14-,15+/m0/s1. The highest BCUT2D eigenvalue weighted by molar-refractivity contribution is 7.82. The van der Waals surface area contributed by atoms with Crippen LogP contribution in [0, 0.1) is 5.92 Å². The third-order valence-electron chi connectivity index (χ3n) is 5.97. The Balaban J connectivity index is 1.46. The van der Waals surface area contributed by atoms with E-state index in [1.807, 2.05) is 24.0 Å². The van der Waals surface area contributed by atoms with E-state index in [2.05, 4.69) is 25.9 Å². The SMILES string of the molecule is CN(C)C(=O)[C@H]1CC[C@H](NC(=S)C(=O)Nc2ccc(Cl)cn2)[C@H](NC(=O)c2nc3cn(C)cc3s2)C1. The van der Waals surface area contributed by atoms with E-state index in [0.29, 0.717) is 35.1 Å². The van der Waals surface area contributed by atoms with Crippen LogP contribution < -0.4 is 16.0 Å². The summed E-state index contributed by atoms with van der Waals surface area (Å²) >= 11 is 12.5. The minimum atomic E-state index is -0.525. The van der Waals surface area contributed by atoms with Gasteiger partial charge in [-0.2, -0.15) is 0 Å². The van der Waals surface area contributed by atoms with Crippen molar-refractivity contribution in [1.29, 1.82) is 0 Å². The normalized spacial score (nSPS) is 19.5. The Morgan fingerprint density at radius 3 is 2.61 bits per heavy atom. The zero-order chi connectivity index (χ0) is 26.0. The number of fused-ring (bicyclic) bond motifs is 1. The monoisotopic (exact) mass is 547 g/mol. The summed E-state index contributed by atoms with van der Waals surface area (Å²) in [7, 11) is 5.33. The van der Waals surface area contributed by atoms with Crippen molar-refractivity contribution in [2.24, 2.45) is 13.0 Å². The molecule has 0 saturated heterocycles. The lowest BCUT2D eigenvalue weighted by atomic mass is 9.81. The van der Waals surface area contributed by atoms with Crippen LogP contribution in [-0.2, 0) is 16.6 Å². The van der Waals surface area contributed by atoms with Crippen molar-refractivity contribution in [2.75, 3.05) is 19.4 Å². The van der Waals surface area contributed by atoms with E-state index >= 15 is 0 Å². The van der Waals surface area contributed by atoms with Gasteiger partial charge in [-0.05, 0) is 31.4 Å². The number of aryl methyl sites for hydroxylation is 1. The number of thiazole rings is 1. The highest BCUT2D eigenvalue weighted by Gasteiger charge is 2.36. The van der Waals surface area contributed by atoms with E-state index in [-0.39, 0.29) is 28.8 Å². The Labute approximate surface area is 222 Å². The summed E-state index contributed by atoms with van der Waals surface area (Å²) in [6, 6.07) is 2.40. The lowest BCUT2D eigenvalue weighted by Gasteiger charge is -2.37. The molecule has 4 rings (SSSR count). The fourth-order valence-electron chi connectivity index (χ4n) is 4.22. The second-order valence-electron chi connectivity index (χ2n) is 8.91. The number of nitrogens with zero attached hydrogens (tertiary/aromatic N) is 4. The molecule has 3 N–H and O–H groups in total. The van der Waals surface area contributed by atoms with Crippen molar-refractivity contribution < 1.29 is 14.4 Å². The Hall–Kier alpha value is -3.09. The number of pyridine rings is 1. The number of nitrogens with one attached hydrogen (secondary N) is 3. The highest BCUT2D eigenvalue weighted by atomic mass is 35.5. The molecule has 190 valence electrons. The summed E-state index contributed by atoms with van der Waals surface area (Å²) in [6.07, 6.45) is 6.74. The summed E-state index contributed by atoms with van der Waals surface area (Å²) in [6.45, 7) is 0. The van der Waals surface area contributed by atoms with Gasteiger partial charge < -0.3 is 25.4 Å². The molecule has 36 heavy (non-hydrogen) atoms. The smallest absolute Gasteiger partial charge is 0.284 e. The molecule has 1 saturated carbocycles. The van der Waals surface area contributed by atoms with Gasteiger partial charge in [0.2, 0.25) is 5.91 Å². The predicted molar refractivity (Wildman–Crippen MR) is 143 cm³/mol. The molecule has 1 aliphatic rings. The first-order valence-electron chi connectivity index (χ1n) is 11.3. The molecule has 3 atom stereocenters. The first-order valence-corrected chi connectivity index (χ1v) is 12.9. The number of carbonyl (C=O) groups excluding carboxylic acids is 3. The summed E-state index contributed by atoms with van der Waals surface area (Å²) in [5, 5.41) is 9.52. The van der Waals surface area contributed by atoms with Gasteiger partial charge >= 0.3 is 0 Å². The van der Waals surface area contributed by atoms with E-state index in [1.54, 1.807) is 31.1 Å². The van der Waals surface area contributed by atoms with Gasteiger partial charge in [-0.1, -0.05) is 23.8 Å². The number of hydrogen-bond donors (Lipinski definition) is 3. The Morgan fingerprint density at radius 2 is 1.94 bits per heavy atom. The lowest BCUT2D eigenvalue weighted by Crippen LogP contribution is -2.56. The molecular weight excluding hydrogens is 522 g/mol. The first-order chi connectivity index (χ1) is 17.1. The number of amides is 3. The fraction of sp³-hybridized carbons (Fsp3) is 0.391. The van der Waals surface area contributed by atoms with Gasteiger partial charge in [0, 0.05) is 51.7 Å². The predicted octanol–water partition coefficient (Wildman–Crippen LogP) is 2.59. The molecule has 0 radical (unpaired) electrons. The largest absolute Gasteiger partial charge is 0.367 e. The number of thiocarbonyl (C=S) groups is 1. The number of carbonyl (C=O) groups is 3. The minimum Gasteiger partial charge on any atom is -0.367 e. The van der Waals surface area contributed by atoms with Crippen LogP contribution in [0.3, 0.4) is 0 Å². The van der Waals surface area contributed by atoms with Crippen LogP contribution in [0.1, 0.15) is 29.1 Å². The molecular formula is C23H26ClN7O3S2. The third-order valence-corrected chi connectivity index (χ3v) is 7.50. The van der Waals surface area contributed by atoms with E-state index < -0.39 is 11.9 Å². The van der Waals surface area contributed by atoms with E-state index in [4.69, 9.17) is 23.8 Å². The molecule has 0 unspecified atom stereocenters. The highest BCUT2D eigenvalue weighted by Crippen LogP contribution is 2.28. The molecule has 0 bridgehead atoms. The van der Waals surface area contributed by atoms with Crippen LogP contribution in [0.4, 0.5) is 5.82 Å². The van der Waals surface area contributed by atoms with E-state index in [0.717, 1.165) is 10.2 Å². The van der Waals surface area contributed by atoms with Crippen LogP contribution >= 0.6 is 35.2 Å². The van der Waals surface area contributed by atoms with Crippen LogP contribution in [0.25, 0.3) is 10.2 Å². The number of halogens is 1. The van der Waals surface area contributed by atoms with Crippen molar-refractivity contribution in [3.63, 3.8) is 0 Å². The van der Waals surface area contributed by atoms with Crippen LogP contribution in [-0.4, -0.2) is 68.3 Å². The number of hydrogen-bond acceptors (Lipinski definition) is 7. The summed E-state index contributed by atoms with van der Waals surface area (Å²) in [4.78, 5) is 48.4. The molecule has 13 heteroatoms. The molecule has 0 spiro atoms. The van der Waals surface area contributed by atoms with E-state index in [9.17, 15) is 14.4 Å². The fourth-order valence-corrected chi connectivity index (χ4v) is 5.46. The topological polar surface area (TPSA) is 121 Å². The molecule has 3 heterocycles. The van der Waals surface area contributed by atoms with Gasteiger partial charge in [0.1, 0.15) is 5.82 Å². The van der Waals surface area contributed by atoms with Crippen LogP contribution in [0.5, 0.6) is 0 Å². The Bertz CT molecular complexity index is 1270. The van der Waals surface area contributed by atoms with Crippen LogP contribution in [0.2, 0.25) is 5.02 Å². The molecule has 0 aromatic carbocycles. The summed E-state index contributed by atoms with van der Waals surface area (Å²) in [5.41, 5.74) is 0.750. The number of aromatic nitrogens is 3. The van der Waals surface area contributed by atoms with Crippen molar-refractivity contribution in [2.45, 2.75) is 31.3 Å². The Morgan fingerprint density at radius 1 is 1.17 bits per heavy atom. The third kappa shape index (κ3) is 6.00. The second kappa shape index (κ2) is 10.9. The van der Waals surface area contributed by atoms with E-state index in [1.165, 1.54) is 17.5 Å².